The Bertz CT molecular complexity index is 560. The Morgan fingerprint density at radius 3 is 2.39 bits per heavy atom. The highest BCUT2D eigenvalue weighted by Gasteiger charge is 2.11. The van der Waals surface area contributed by atoms with Crippen molar-refractivity contribution < 1.29 is 8.78 Å². The van der Waals surface area contributed by atoms with E-state index in [1.54, 1.807) is 0 Å². The van der Waals surface area contributed by atoms with E-state index in [1.807, 2.05) is 13.8 Å². The topological polar surface area (TPSA) is 24.9 Å². The maximum Gasteiger partial charge on any atom is 0.150 e. The highest BCUT2D eigenvalue weighted by Crippen LogP contribution is 2.25. The smallest absolute Gasteiger partial charge is 0.150 e. The molecule has 1 aromatic carbocycles. The summed E-state index contributed by atoms with van der Waals surface area (Å²) in [6, 6.07) is 2.46. The molecule has 1 aromatic heterocycles. The van der Waals surface area contributed by atoms with Gasteiger partial charge in [0, 0.05) is 9.35 Å². The van der Waals surface area contributed by atoms with E-state index in [1.165, 1.54) is 23.5 Å². The number of rotatable bonds is 3. The van der Waals surface area contributed by atoms with Crippen LogP contribution in [-0.4, -0.2) is 4.98 Å². The van der Waals surface area contributed by atoms with E-state index in [-0.39, 0.29) is 5.69 Å². The molecular weight excluding hydrogens is 322 g/mol. The SMILES string of the molecule is Cc1nc(C)c(CNc2c(F)cc(Br)cc2F)s1. The summed E-state index contributed by atoms with van der Waals surface area (Å²) in [4.78, 5) is 5.25. The number of nitrogens with zero attached hydrogens (tertiary/aromatic N) is 1. The maximum absolute atomic E-state index is 13.6. The summed E-state index contributed by atoms with van der Waals surface area (Å²) >= 11 is 4.56. The molecule has 2 nitrogen and oxygen atoms in total. The molecule has 0 saturated carbocycles. The first-order chi connectivity index (χ1) is 8.47. The molecule has 0 bridgehead atoms. The number of nitrogens with one attached hydrogen (secondary N) is 1. The predicted molar refractivity (Wildman–Crippen MR) is 73.0 cm³/mol. The fourth-order valence-electron chi connectivity index (χ4n) is 1.62. The van der Waals surface area contributed by atoms with Gasteiger partial charge in [-0.2, -0.15) is 0 Å². The zero-order valence-electron chi connectivity index (χ0n) is 9.85. The van der Waals surface area contributed by atoms with Crippen molar-refractivity contribution >= 4 is 33.0 Å². The van der Waals surface area contributed by atoms with Crippen molar-refractivity contribution in [1.82, 2.24) is 4.98 Å². The first-order valence-corrected chi connectivity index (χ1v) is 6.89. The van der Waals surface area contributed by atoms with Crippen molar-refractivity contribution in [1.29, 1.82) is 0 Å². The van der Waals surface area contributed by atoms with Crippen LogP contribution in [0, 0.1) is 25.5 Å². The molecule has 0 unspecified atom stereocenters. The molecule has 1 heterocycles. The van der Waals surface area contributed by atoms with Crippen LogP contribution in [0.2, 0.25) is 0 Å². The first kappa shape index (κ1) is 13.4. The van der Waals surface area contributed by atoms with Crippen LogP contribution < -0.4 is 5.32 Å². The Hall–Kier alpha value is -1.01. The molecule has 18 heavy (non-hydrogen) atoms. The highest BCUT2D eigenvalue weighted by molar-refractivity contribution is 9.10. The third-order valence-electron chi connectivity index (χ3n) is 2.43. The van der Waals surface area contributed by atoms with Crippen molar-refractivity contribution in [3.63, 3.8) is 0 Å². The van der Waals surface area contributed by atoms with E-state index >= 15 is 0 Å². The van der Waals surface area contributed by atoms with Gasteiger partial charge < -0.3 is 5.32 Å². The van der Waals surface area contributed by atoms with Crippen LogP contribution in [0.25, 0.3) is 0 Å². The number of hydrogen-bond donors (Lipinski definition) is 1. The average Bonchev–Trinajstić information content (AvgIpc) is 2.55. The molecule has 6 heteroatoms. The monoisotopic (exact) mass is 332 g/mol. The summed E-state index contributed by atoms with van der Waals surface area (Å²) in [5.74, 6) is -1.22. The first-order valence-electron chi connectivity index (χ1n) is 5.28. The number of anilines is 1. The Morgan fingerprint density at radius 1 is 1.28 bits per heavy atom. The summed E-state index contributed by atoms with van der Waals surface area (Å²) in [5, 5.41) is 3.72. The van der Waals surface area contributed by atoms with E-state index < -0.39 is 11.6 Å². The van der Waals surface area contributed by atoms with Gasteiger partial charge in [0.1, 0.15) is 17.3 Å². The zero-order valence-corrected chi connectivity index (χ0v) is 12.3. The van der Waals surface area contributed by atoms with Gasteiger partial charge in [-0.15, -0.1) is 11.3 Å². The van der Waals surface area contributed by atoms with Gasteiger partial charge >= 0.3 is 0 Å². The molecule has 0 aliphatic heterocycles. The molecule has 0 aliphatic carbocycles. The molecule has 0 atom stereocenters. The quantitative estimate of drug-likeness (QED) is 0.900. The molecule has 2 rings (SSSR count). The van der Waals surface area contributed by atoms with Gasteiger partial charge in [0.2, 0.25) is 0 Å². The third kappa shape index (κ3) is 2.87. The van der Waals surface area contributed by atoms with Gasteiger partial charge in [0.15, 0.2) is 0 Å². The van der Waals surface area contributed by atoms with Crippen LogP contribution in [0.1, 0.15) is 15.6 Å². The van der Waals surface area contributed by atoms with Gasteiger partial charge in [-0.05, 0) is 26.0 Å². The third-order valence-corrected chi connectivity index (χ3v) is 3.96. The molecule has 0 amide bonds. The second-order valence-electron chi connectivity index (χ2n) is 3.84. The molecule has 0 aliphatic rings. The molecular formula is C12H11BrF2N2S. The van der Waals surface area contributed by atoms with Crippen molar-refractivity contribution in [2.75, 3.05) is 5.32 Å². The number of thiazole rings is 1. The Morgan fingerprint density at radius 2 is 1.89 bits per heavy atom. The van der Waals surface area contributed by atoms with Crippen LogP contribution in [0.4, 0.5) is 14.5 Å². The van der Waals surface area contributed by atoms with Gasteiger partial charge in [-0.25, -0.2) is 13.8 Å². The van der Waals surface area contributed by atoms with E-state index in [4.69, 9.17) is 0 Å². The van der Waals surface area contributed by atoms with Crippen molar-refractivity contribution in [3.05, 3.63) is 43.8 Å². The number of benzene rings is 1. The van der Waals surface area contributed by atoms with Gasteiger partial charge in [0.05, 0.1) is 17.2 Å². The lowest BCUT2D eigenvalue weighted by Gasteiger charge is -2.08. The van der Waals surface area contributed by atoms with Crippen molar-refractivity contribution in [2.24, 2.45) is 0 Å². The Balaban J connectivity index is 2.18. The number of aromatic nitrogens is 1. The van der Waals surface area contributed by atoms with Gasteiger partial charge in [0.25, 0.3) is 0 Å². The second kappa shape index (κ2) is 5.32. The van der Waals surface area contributed by atoms with Crippen molar-refractivity contribution in [3.8, 4) is 0 Å². The molecule has 0 saturated heterocycles. The highest BCUT2D eigenvalue weighted by atomic mass is 79.9. The lowest BCUT2D eigenvalue weighted by Crippen LogP contribution is -2.03. The number of hydrogen-bond acceptors (Lipinski definition) is 3. The van der Waals surface area contributed by atoms with E-state index in [0.717, 1.165) is 15.6 Å². The van der Waals surface area contributed by atoms with E-state index in [9.17, 15) is 8.78 Å². The summed E-state index contributed by atoms with van der Waals surface area (Å²) in [6.45, 7) is 4.16. The number of halogens is 3. The minimum atomic E-state index is -0.610. The van der Waals surface area contributed by atoms with Crippen LogP contribution in [0.15, 0.2) is 16.6 Å². The number of aryl methyl sites for hydroxylation is 2. The largest absolute Gasteiger partial charge is 0.375 e. The molecule has 0 spiro atoms. The average molecular weight is 333 g/mol. The Kier molecular flexibility index (Phi) is 3.97. The maximum atomic E-state index is 13.6. The fourth-order valence-corrected chi connectivity index (χ4v) is 2.90. The lowest BCUT2D eigenvalue weighted by molar-refractivity contribution is 0.586. The van der Waals surface area contributed by atoms with Crippen LogP contribution in [0.3, 0.4) is 0 Å². The lowest BCUT2D eigenvalue weighted by atomic mass is 10.3. The minimum Gasteiger partial charge on any atom is -0.375 e. The molecule has 96 valence electrons. The molecule has 0 fully saturated rings. The fraction of sp³-hybridized carbons (Fsp3) is 0.250. The summed E-state index contributed by atoms with van der Waals surface area (Å²) < 4.78 is 27.5. The second-order valence-corrected chi connectivity index (χ2v) is 6.04. The van der Waals surface area contributed by atoms with E-state index in [0.29, 0.717) is 11.0 Å². The van der Waals surface area contributed by atoms with Crippen LogP contribution >= 0.6 is 27.3 Å². The van der Waals surface area contributed by atoms with Gasteiger partial charge in [-0.3, -0.25) is 0 Å². The zero-order chi connectivity index (χ0) is 13.3. The predicted octanol–water partition coefficient (Wildman–Crippen LogP) is 4.41. The van der Waals surface area contributed by atoms with Crippen molar-refractivity contribution in [2.45, 2.75) is 20.4 Å². The minimum absolute atomic E-state index is 0.108. The normalized spacial score (nSPS) is 10.7. The Labute approximate surface area is 116 Å². The molecule has 0 radical (unpaired) electrons. The summed E-state index contributed by atoms with van der Waals surface area (Å²) in [6.07, 6.45) is 0. The standard InChI is InChI=1S/C12H11BrF2N2S/c1-6-11(18-7(2)17-6)5-16-12-9(14)3-8(13)4-10(12)15/h3-4,16H,5H2,1-2H3. The van der Waals surface area contributed by atoms with Crippen LogP contribution in [0.5, 0.6) is 0 Å². The van der Waals surface area contributed by atoms with Gasteiger partial charge in [-0.1, -0.05) is 15.9 Å². The molecule has 1 N–H and O–H groups in total. The molecule has 2 aromatic rings. The van der Waals surface area contributed by atoms with Crippen LogP contribution in [-0.2, 0) is 6.54 Å². The summed E-state index contributed by atoms with van der Waals surface area (Å²) in [5.41, 5.74) is 0.784. The van der Waals surface area contributed by atoms with E-state index in [2.05, 4.69) is 26.2 Å². The summed E-state index contributed by atoms with van der Waals surface area (Å²) in [7, 11) is 0.